The van der Waals surface area contributed by atoms with Crippen LogP contribution in [0.1, 0.15) is 6.92 Å². The lowest BCUT2D eigenvalue weighted by molar-refractivity contribution is 0.157. The van der Waals surface area contributed by atoms with E-state index in [-0.39, 0.29) is 12.4 Å². The van der Waals surface area contributed by atoms with E-state index in [9.17, 15) is 9.59 Å². The molecule has 0 aliphatic rings. The van der Waals surface area contributed by atoms with Crippen molar-refractivity contribution in [2.24, 2.45) is 7.05 Å². The van der Waals surface area contributed by atoms with Gasteiger partial charge in [-0.05, 0) is 19.1 Å². The number of methoxy groups -OCH3 is 1. The minimum Gasteiger partial charge on any atom is -0.497 e. The lowest BCUT2D eigenvalue weighted by atomic mass is 10.3. The van der Waals surface area contributed by atoms with E-state index in [4.69, 9.17) is 9.84 Å². The van der Waals surface area contributed by atoms with Gasteiger partial charge in [-0.25, -0.2) is 14.8 Å². The summed E-state index contributed by atoms with van der Waals surface area (Å²) in [7, 11) is 3.13. The van der Waals surface area contributed by atoms with E-state index < -0.39 is 11.7 Å². The summed E-state index contributed by atoms with van der Waals surface area (Å²) in [5, 5.41) is 9.88. The van der Waals surface area contributed by atoms with E-state index in [2.05, 4.69) is 10.4 Å². The van der Waals surface area contributed by atoms with Crippen LogP contribution in [-0.4, -0.2) is 39.4 Å². The van der Waals surface area contributed by atoms with Crippen molar-refractivity contribution in [3.8, 4) is 5.75 Å². The van der Waals surface area contributed by atoms with Gasteiger partial charge in [0.2, 0.25) is 5.82 Å². The molecule has 0 atom stereocenters. The minimum absolute atomic E-state index is 0.0532. The van der Waals surface area contributed by atoms with Gasteiger partial charge in [0.25, 0.3) is 5.56 Å². The van der Waals surface area contributed by atoms with Crippen LogP contribution in [0.2, 0.25) is 0 Å². The number of rotatable bonds is 4. The number of hydrazine groups is 1. The van der Waals surface area contributed by atoms with Crippen LogP contribution in [0.5, 0.6) is 5.75 Å². The average molecular weight is 292 g/mol. The van der Waals surface area contributed by atoms with Crippen molar-refractivity contribution in [3.63, 3.8) is 0 Å². The summed E-state index contributed by atoms with van der Waals surface area (Å²) in [6.07, 6.45) is -1.19. The summed E-state index contributed by atoms with van der Waals surface area (Å²) in [6, 6.07) is 5.13. The third-order valence-electron chi connectivity index (χ3n) is 3.07. The first-order chi connectivity index (χ1) is 9.97. The molecular weight excluding hydrogens is 276 g/mol. The second kappa shape index (κ2) is 5.70. The molecule has 1 aromatic carbocycles. The molecule has 1 heterocycles. The smallest absolute Gasteiger partial charge is 0.426 e. The molecule has 8 nitrogen and oxygen atoms in total. The molecule has 0 fully saturated rings. The van der Waals surface area contributed by atoms with E-state index in [0.717, 1.165) is 5.01 Å². The Labute approximate surface area is 120 Å². The monoisotopic (exact) mass is 292 g/mol. The first kappa shape index (κ1) is 14.6. The Balaban J connectivity index is 2.56. The number of aryl methyl sites for hydroxylation is 1. The van der Waals surface area contributed by atoms with Crippen LogP contribution in [0.25, 0.3) is 11.0 Å². The Hall–Kier alpha value is -2.77. The average Bonchev–Trinajstić information content (AvgIpc) is 2.48. The number of fused-ring (bicyclic) bond motifs is 1. The number of nitrogens with zero attached hydrogens (tertiary/aromatic N) is 3. The zero-order valence-electron chi connectivity index (χ0n) is 12.0. The van der Waals surface area contributed by atoms with Crippen molar-refractivity contribution in [2.75, 3.05) is 19.1 Å². The second-order valence-electron chi connectivity index (χ2n) is 4.32. The van der Waals surface area contributed by atoms with Crippen LogP contribution in [0.15, 0.2) is 23.0 Å². The van der Waals surface area contributed by atoms with E-state index in [0.29, 0.717) is 16.8 Å². The van der Waals surface area contributed by atoms with Crippen molar-refractivity contribution in [1.29, 1.82) is 0 Å². The van der Waals surface area contributed by atoms with Crippen molar-refractivity contribution in [1.82, 2.24) is 14.6 Å². The fourth-order valence-corrected chi connectivity index (χ4v) is 1.90. The van der Waals surface area contributed by atoms with Crippen molar-refractivity contribution in [2.45, 2.75) is 6.92 Å². The maximum Gasteiger partial charge on any atom is 0.426 e. The van der Waals surface area contributed by atoms with Gasteiger partial charge in [0.1, 0.15) is 5.75 Å². The number of hydrogen-bond acceptors (Lipinski definition) is 5. The predicted molar refractivity (Wildman–Crippen MR) is 77.6 cm³/mol. The molecule has 8 heteroatoms. The molecule has 0 saturated carbocycles. The largest absolute Gasteiger partial charge is 0.497 e. The lowest BCUT2D eigenvalue weighted by Gasteiger charge is -2.19. The summed E-state index contributed by atoms with van der Waals surface area (Å²) in [4.78, 5) is 27.4. The van der Waals surface area contributed by atoms with Crippen LogP contribution in [0.3, 0.4) is 0 Å². The molecule has 112 valence electrons. The molecule has 2 aromatic rings. The Kier molecular flexibility index (Phi) is 3.97. The lowest BCUT2D eigenvalue weighted by Crippen LogP contribution is -2.38. The molecule has 0 radical (unpaired) electrons. The quantitative estimate of drug-likeness (QED) is 0.824. The van der Waals surface area contributed by atoms with Crippen LogP contribution >= 0.6 is 0 Å². The molecule has 0 saturated heterocycles. The standard InChI is InChI=1S/C13H16N4O4/c1-4-17(13(19)20)15-11-12(18)16(2)10-6-5-8(21-3)7-9(10)14-11/h5-7H,4H2,1-3H3,(H,14,15)(H,19,20). The van der Waals surface area contributed by atoms with Crippen molar-refractivity contribution >= 4 is 22.9 Å². The van der Waals surface area contributed by atoms with Gasteiger partial charge in [0, 0.05) is 19.7 Å². The molecule has 0 bridgehead atoms. The molecule has 2 N–H and O–H groups in total. The highest BCUT2D eigenvalue weighted by atomic mass is 16.5. The molecule has 0 aliphatic heterocycles. The summed E-state index contributed by atoms with van der Waals surface area (Å²) in [5.74, 6) is 0.549. The Morgan fingerprint density at radius 3 is 2.81 bits per heavy atom. The van der Waals surface area contributed by atoms with Gasteiger partial charge >= 0.3 is 6.09 Å². The second-order valence-corrected chi connectivity index (χ2v) is 4.32. The molecule has 2 rings (SSSR count). The third kappa shape index (κ3) is 2.73. The van der Waals surface area contributed by atoms with Gasteiger partial charge in [0.15, 0.2) is 0 Å². The fourth-order valence-electron chi connectivity index (χ4n) is 1.90. The zero-order chi connectivity index (χ0) is 15.6. The van der Waals surface area contributed by atoms with Crippen LogP contribution in [-0.2, 0) is 7.05 Å². The highest BCUT2D eigenvalue weighted by molar-refractivity contribution is 5.78. The van der Waals surface area contributed by atoms with E-state index in [1.165, 1.54) is 11.7 Å². The molecule has 0 spiro atoms. The number of nitrogens with one attached hydrogen (secondary N) is 1. The fraction of sp³-hybridized carbons (Fsp3) is 0.308. The van der Waals surface area contributed by atoms with Crippen LogP contribution in [0, 0.1) is 0 Å². The van der Waals surface area contributed by atoms with E-state index >= 15 is 0 Å². The first-order valence-corrected chi connectivity index (χ1v) is 6.29. The van der Waals surface area contributed by atoms with Crippen LogP contribution < -0.4 is 15.7 Å². The van der Waals surface area contributed by atoms with Gasteiger partial charge in [0.05, 0.1) is 18.1 Å². The Bertz CT molecular complexity index is 741. The Morgan fingerprint density at radius 2 is 2.24 bits per heavy atom. The number of carbonyl (C=O) groups is 1. The summed E-state index contributed by atoms with van der Waals surface area (Å²) >= 11 is 0. The topological polar surface area (TPSA) is 96.7 Å². The van der Waals surface area contributed by atoms with E-state index in [1.54, 1.807) is 32.2 Å². The summed E-state index contributed by atoms with van der Waals surface area (Å²) in [6.45, 7) is 1.83. The van der Waals surface area contributed by atoms with Gasteiger partial charge in [-0.2, -0.15) is 0 Å². The molecule has 21 heavy (non-hydrogen) atoms. The number of aromatic nitrogens is 2. The molecule has 1 amide bonds. The maximum atomic E-state index is 12.2. The highest BCUT2D eigenvalue weighted by Gasteiger charge is 2.14. The van der Waals surface area contributed by atoms with E-state index in [1.807, 2.05) is 0 Å². The van der Waals surface area contributed by atoms with Crippen molar-refractivity contribution < 1.29 is 14.6 Å². The summed E-state index contributed by atoms with van der Waals surface area (Å²) < 4.78 is 6.52. The van der Waals surface area contributed by atoms with Gasteiger partial charge in [-0.3, -0.25) is 10.2 Å². The minimum atomic E-state index is -1.19. The molecular formula is C13H16N4O4. The molecule has 0 unspecified atom stereocenters. The SMILES string of the molecule is CCN(Nc1nc2cc(OC)ccc2n(C)c1=O)C(=O)O. The highest BCUT2D eigenvalue weighted by Crippen LogP contribution is 2.18. The third-order valence-corrected chi connectivity index (χ3v) is 3.07. The Morgan fingerprint density at radius 1 is 1.52 bits per heavy atom. The van der Waals surface area contributed by atoms with Gasteiger partial charge in [-0.1, -0.05) is 0 Å². The summed E-state index contributed by atoms with van der Waals surface area (Å²) in [5.41, 5.74) is 3.26. The van der Waals surface area contributed by atoms with Crippen LogP contribution in [0.4, 0.5) is 10.6 Å². The number of ether oxygens (including phenoxy) is 1. The number of anilines is 1. The number of carboxylic acid groups (broad SMARTS) is 1. The number of benzene rings is 1. The zero-order valence-corrected chi connectivity index (χ0v) is 12.0. The van der Waals surface area contributed by atoms with Gasteiger partial charge < -0.3 is 14.4 Å². The van der Waals surface area contributed by atoms with Gasteiger partial charge in [-0.15, -0.1) is 0 Å². The number of hydrogen-bond donors (Lipinski definition) is 2. The van der Waals surface area contributed by atoms with Crippen molar-refractivity contribution in [3.05, 3.63) is 28.6 Å². The number of amides is 1. The molecule has 1 aromatic heterocycles. The first-order valence-electron chi connectivity index (χ1n) is 6.29. The normalized spacial score (nSPS) is 10.4. The maximum absolute atomic E-state index is 12.2. The predicted octanol–water partition coefficient (Wildman–Crippen LogP) is 1.27. The molecule has 0 aliphatic carbocycles.